The van der Waals surface area contributed by atoms with E-state index in [1.54, 1.807) is 21.1 Å². The molecule has 1 amide bonds. The molecule has 0 spiro atoms. The number of nitrogens with zero attached hydrogens (tertiary/aromatic N) is 1. The molecule has 0 fully saturated rings. The van der Waals surface area contributed by atoms with Crippen molar-refractivity contribution in [2.24, 2.45) is 0 Å². The lowest BCUT2D eigenvalue weighted by atomic mass is 10.1. The molecular formula is C15H22N2O4. The zero-order chi connectivity index (χ0) is 15.8. The average Bonchev–Trinajstić information content (AvgIpc) is 2.45. The van der Waals surface area contributed by atoms with Crippen molar-refractivity contribution in [3.05, 3.63) is 35.4 Å². The number of carboxylic acid groups (broad SMARTS) is 1. The van der Waals surface area contributed by atoms with Crippen LogP contribution < -0.4 is 5.32 Å². The number of methoxy groups -OCH3 is 1. The van der Waals surface area contributed by atoms with Gasteiger partial charge in [-0.25, -0.2) is 0 Å². The van der Waals surface area contributed by atoms with E-state index in [0.717, 1.165) is 11.1 Å². The van der Waals surface area contributed by atoms with Crippen LogP contribution in [0.3, 0.4) is 0 Å². The van der Waals surface area contributed by atoms with Crippen LogP contribution >= 0.6 is 0 Å². The molecule has 6 heteroatoms. The fourth-order valence-electron chi connectivity index (χ4n) is 1.83. The lowest BCUT2D eigenvalue weighted by Gasteiger charge is -2.20. The molecule has 1 aromatic rings. The summed E-state index contributed by atoms with van der Waals surface area (Å²) < 4.78 is 5.11. The van der Waals surface area contributed by atoms with Crippen LogP contribution in [0.1, 0.15) is 18.1 Å². The van der Waals surface area contributed by atoms with Gasteiger partial charge >= 0.3 is 5.97 Å². The Balaban J connectivity index is 2.52. The summed E-state index contributed by atoms with van der Waals surface area (Å²) in [4.78, 5) is 24.2. The van der Waals surface area contributed by atoms with Gasteiger partial charge < -0.3 is 15.2 Å². The number of amides is 1. The highest BCUT2D eigenvalue weighted by molar-refractivity contribution is 5.79. The van der Waals surface area contributed by atoms with E-state index in [4.69, 9.17) is 9.84 Å². The largest absolute Gasteiger partial charge is 0.480 e. The molecule has 1 aromatic carbocycles. The molecule has 116 valence electrons. The number of ether oxygens (including phenoxy) is 1. The van der Waals surface area contributed by atoms with Crippen LogP contribution in [0, 0.1) is 0 Å². The Hall–Kier alpha value is -1.92. The molecule has 0 aromatic heterocycles. The maximum absolute atomic E-state index is 11.8. The summed E-state index contributed by atoms with van der Waals surface area (Å²) in [6, 6.07) is 7.00. The molecule has 0 radical (unpaired) electrons. The standard InChI is InChI=1S/C15H22N2O4/c1-11(15(19)20)17(2)9-14(18)16-8-12-6-4-5-7-13(12)10-21-3/h4-7,11H,8-10H2,1-3H3,(H,16,18)(H,19,20). The van der Waals surface area contributed by atoms with Crippen LogP contribution in [-0.4, -0.2) is 48.6 Å². The minimum Gasteiger partial charge on any atom is -0.480 e. The van der Waals surface area contributed by atoms with Gasteiger partial charge in [-0.05, 0) is 25.1 Å². The fraction of sp³-hybridized carbons (Fsp3) is 0.467. The van der Waals surface area contributed by atoms with Gasteiger partial charge in [-0.2, -0.15) is 0 Å². The van der Waals surface area contributed by atoms with Crippen molar-refractivity contribution >= 4 is 11.9 Å². The molecule has 0 saturated carbocycles. The zero-order valence-corrected chi connectivity index (χ0v) is 12.6. The third-order valence-electron chi connectivity index (χ3n) is 3.31. The highest BCUT2D eigenvalue weighted by Gasteiger charge is 2.18. The maximum Gasteiger partial charge on any atom is 0.320 e. The average molecular weight is 294 g/mol. The second-order valence-electron chi connectivity index (χ2n) is 4.91. The van der Waals surface area contributed by atoms with Crippen LogP contribution in [0.4, 0.5) is 0 Å². The smallest absolute Gasteiger partial charge is 0.320 e. The maximum atomic E-state index is 11.8. The van der Waals surface area contributed by atoms with Crippen LogP contribution in [0.15, 0.2) is 24.3 Å². The van der Waals surface area contributed by atoms with E-state index in [0.29, 0.717) is 13.2 Å². The second-order valence-corrected chi connectivity index (χ2v) is 4.91. The molecule has 6 nitrogen and oxygen atoms in total. The van der Waals surface area contributed by atoms with Crippen LogP contribution in [-0.2, 0) is 27.5 Å². The molecule has 0 aliphatic rings. The van der Waals surface area contributed by atoms with Gasteiger partial charge in [0.05, 0.1) is 13.2 Å². The second kappa shape index (κ2) is 8.39. The lowest BCUT2D eigenvalue weighted by molar-refractivity contribution is -0.142. The number of rotatable bonds is 8. The predicted octanol–water partition coefficient (Wildman–Crippen LogP) is 0.854. The van der Waals surface area contributed by atoms with Crippen LogP contribution in [0.5, 0.6) is 0 Å². The van der Waals surface area contributed by atoms with Gasteiger partial charge in [0.1, 0.15) is 6.04 Å². The van der Waals surface area contributed by atoms with Crippen LogP contribution in [0.25, 0.3) is 0 Å². The summed E-state index contributed by atoms with van der Waals surface area (Å²) in [5.74, 6) is -1.16. The quantitative estimate of drug-likeness (QED) is 0.743. The highest BCUT2D eigenvalue weighted by atomic mass is 16.5. The predicted molar refractivity (Wildman–Crippen MR) is 78.7 cm³/mol. The van der Waals surface area contributed by atoms with E-state index in [1.165, 1.54) is 4.90 Å². The number of hydrogen-bond donors (Lipinski definition) is 2. The van der Waals surface area contributed by atoms with Crippen molar-refractivity contribution in [2.75, 3.05) is 20.7 Å². The SMILES string of the molecule is COCc1ccccc1CNC(=O)CN(C)C(C)C(=O)O. The Kier molecular flexibility index (Phi) is 6.84. The van der Waals surface area contributed by atoms with Gasteiger partial charge in [0.15, 0.2) is 0 Å². The molecule has 2 N–H and O–H groups in total. The van der Waals surface area contributed by atoms with Gasteiger partial charge in [-0.15, -0.1) is 0 Å². The molecule has 0 aliphatic heterocycles. The first-order valence-corrected chi connectivity index (χ1v) is 6.71. The fourth-order valence-corrected chi connectivity index (χ4v) is 1.83. The molecule has 0 saturated heterocycles. The van der Waals surface area contributed by atoms with Crippen molar-refractivity contribution in [2.45, 2.75) is 26.1 Å². The minimum atomic E-state index is -0.948. The third-order valence-corrected chi connectivity index (χ3v) is 3.31. The molecule has 0 bridgehead atoms. The first-order valence-electron chi connectivity index (χ1n) is 6.71. The number of benzene rings is 1. The summed E-state index contributed by atoms with van der Waals surface area (Å²) in [5, 5.41) is 11.7. The Labute approximate surface area is 124 Å². The molecular weight excluding hydrogens is 272 g/mol. The summed E-state index contributed by atoms with van der Waals surface area (Å²) in [6.07, 6.45) is 0. The zero-order valence-electron chi connectivity index (χ0n) is 12.6. The van der Waals surface area contributed by atoms with Gasteiger partial charge in [0.2, 0.25) is 5.91 Å². The third kappa shape index (κ3) is 5.53. The normalized spacial score (nSPS) is 12.2. The van der Waals surface area contributed by atoms with Crippen molar-refractivity contribution in [1.29, 1.82) is 0 Å². The molecule has 0 aliphatic carbocycles. The number of carbonyl (C=O) groups excluding carboxylic acids is 1. The van der Waals surface area contributed by atoms with Gasteiger partial charge in [0, 0.05) is 13.7 Å². The number of carbonyl (C=O) groups is 2. The van der Waals surface area contributed by atoms with E-state index in [2.05, 4.69) is 5.32 Å². The van der Waals surface area contributed by atoms with E-state index in [9.17, 15) is 9.59 Å². The van der Waals surface area contributed by atoms with Crippen LogP contribution in [0.2, 0.25) is 0 Å². The summed E-state index contributed by atoms with van der Waals surface area (Å²) >= 11 is 0. The van der Waals surface area contributed by atoms with Gasteiger partial charge in [-0.3, -0.25) is 14.5 Å². The molecule has 1 atom stereocenters. The summed E-state index contributed by atoms with van der Waals surface area (Å²) in [7, 11) is 3.23. The number of hydrogen-bond acceptors (Lipinski definition) is 4. The highest BCUT2D eigenvalue weighted by Crippen LogP contribution is 2.09. The molecule has 1 unspecified atom stereocenters. The first-order chi connectivity index (χ1) is 9.95. The Morgan fingerprint density at radius 2 is 1.95 bits per heavy atom. The van der Waals surface area contributed by atoms with Crippen molar-refractivity contribution in [3.8, 4) is 0 Å². The van der Waals surface area contributed by atoms with Crippen molar-refractivity contribution < 1.29 is 19.4 Å². The Morgan fingerprint density at radius 3 is 2.52 bits per heavy atom. The molecule has 1 rings (SSSR count). The van der Waals surface area contributed by atoms with Crippen molar-refractivity contribution in [3.63, 3.8) is 0 Å². The molecule has 0 heterocycles. The number of aliphatic carboxylic acids is 1. The van der Waals surface area contributed by atoms with Gasteiger partial charge in [0.25, 0.3) is 0 Å². The summed E-state index contributed by atoms with van der Waals surface area (Å²) in [6.45, 7) is 2.47. The van der Waals surface area contributed by atoms with E-state index in [1.807, 2.05) is 24.3 Å². The summed E-state index contributed by atoms with van der Waals surface area (Å²) in [5.41, 5.74) is 2.01. The van der Waals surface area contributed by atoms with E-state index in [-0.39, 0.29) is 12.5 Å². The minimum absolute atomic E-state index is 0.0416. The van der Waals surface area contributed by atoms with Crippen molar-refractivity contribution in [1.82, 2.24) is 10.2 Å². The topological polar surface area (TPSA) is 78.9 Å². The number of carboxylic acids is 1. The molecule has 21 heavy (non-hydrogen) atoms. The number of nitrogens with one attached hydrogen (secondary N) is 1. The Morgan fingerprint density at radius 1 is 1.33 bits per heavy atom. The van der Waals surface area contributed by atoms with E-state index >= 15 is 0 Å². The number of likely N-dealkylation sites (N-methyl/N-ethyl adjacent to an activating group) is 1. The lowest BCUT2D eigenvalue weighted by Crippen LogP contribution is -2.42. The van der Waals surface area contributed by atoms with Gasteiger partial charge in [-0.1, -0.05) is 24.3 Å². The monoisotopic (exact) mass is 294 g/mol. The van der Waals surface area contributed by atoms with E-state index < -0.39 is 12.0 Å². The Bertz CT molecular complexity index is 490. The first kappa shape index (κ1) is 17.1.